The van der Waals surface area contributed by atoms with Crippen LogP contribution in [0.4, 0.5) is 0 Å². The summed E-state index contributed by atoms with van der Waals surface area (Å²) in [5.41, 5.74) is 5.75. The highest BCUT2D eigenvalue weighted by molar-refractivity contribution is 5.94. The number of aromatic hydroxyl groups is 1. The molecule has 0 spiro atoms. The van der Waals surface area contributed by atoms with Gasteiger partial charge in [-0.15, -0.1) is 0 Å². The van der Waals surface area contributed by atoms with Crippen LogP contribution in [0.5, 0.6) is 11.5 Å². The predicted molar refractivity (Wildman–Crippen MR) is 214 cm³/mol. The molecule has 1 saturated carbocycles. The molecule has 4 heterocycles. The minimum Gasteiger partial charge on any atom is -0.508 e. The number of aliphatic imine (C=N–C) groups is 1. The predicted octanol–water partition coefficient (Wildman–Crippen LogP) is 4.38. The number of ether oxygens (including phenoxy) is 3. The summed E-state index contributed by atoms with van der Waals surface area (Å²) in [5.74, 6) is -3.68. The van der Waals surface area contributed by atoms with Gasteiger partial charge in [-0.05, 0) is 74.7 Å². The van der Waals surface area contributed by atoms with Gasteiger partial charge in [0.25, 0.3) is 0 Å². The van der Waals surface area contributed by atoms with Gasteiger partial charge in [-0.25, -0.2) is 5.06 Å². The SMILES string of the molecule is Cc1cc(C)cc(C2=C3N=CC=C3CN2O[C@@H]2[C@@H](Oc3ccc4c(=O)c(-c5ccc(O)cc5)coc4c3)O[C@@H](COC(=O)[C@@H](CNC3CCCC3)C(=O)O)[C@H](O)[C@H]2O)c1. The number of nitrogens with zero attached hydrogens (tertiary/aromatic N) is 2. The Morgan fingerprint density at radius 2 is 1.73 bits per heavy atom. The molecule has 1 aromatic heterocycles. The number of carbonyl (C=O) groups excluding carboxylic acids is 1. The first-order valence-electron chi connectivity index (χ1n) is 19.6. The summed E-state index contributed by atoms with van der Waals surface area (Å²) in [7, 11) is 0. The molecule has 308 valence electrons. The number of benzene rings is 3. The second kappa shape index (κ2) is 16.8. The third-order valence-electron chi connectivity index (χ3n) is 11.1. The first-order chi connectivity index (χ1) is 28.4. The number of esters is 1. The van der Waals surface area contributed by atoms with Crippen LogP contribution in [0.15, 0.2) is 98.5 Å². The van der Waals surface area contributed by atoms with Gasteiger partial charge in [0, 0.05) is 36.0 Å². The average Bonchev–Trinajstić information content (AvgIpc) is 3.96. The number of carboxylic acid groups (broad SMARTS) is 1. The average molecular weight is 808 g/mol. The summed E-state index contributed by atoms with van der Waals surface area (Å²) < 4.78 is 23.8. The van der Waals surface area contributed by atoms with Crippen molar-refractivity contribution < 1.29 is 53.5 Å². The van der Waals surface area contributed by atoms with Crippen LogP contribution in [-0.4, -0.2) is 100 Å². The number of phenols is 1. The van der Waals surface area contributed by atoms with Crippen LogP contribution >= 0.6 is 0 Å². The summed E-state index contributed by atoms with van der Waals surface area (Å²) in [6, 6.07) is 16.8. The molecule has 3 aliphatic heterocycles. The molecule has 59 heavy (non-hydrogen) atoms. The number of allylic oxidation sites excluding steroid dienone is 1. The fourth-order valence-electron chi connectivity index (χ4n) is 8.04. The summed E-state index contributed by atoms with van der Waals surface area (Å²) in [4.78, 5) is 49.8. The van der Waals surface area contributed by atoms with E-state index in [-0.39, 0.29) is 52.6 Å². The molecule has 1 aliphatic carbocycles. The fraction of sp³-hybridized carbons (Fsp3) is 0.364. The lowest BCUT2D eigenvalue weighted by molar-refractivity contribution is -0.323. The Bertz CT molecular complexity index is 2380. The van der Waals surface area contributed by atoms with Gasteiger partial charge >= 0.3 is 11.9 Å². The number of aliphatic hydroxyl groups excluding tert-OH is 2. The maximum atomic E-state index is 13.5. The van der Waals surface area contributed by atoms with Crippen LogP contribution in [0, 0.1) is 19.8 Å². The zero-order valence-electron chi connectivity index (χ0n) is 32.4. The summed E-state index contributed by atoms with van der Waals surface area (Å²) in [5, 5.41) is 47.7. The van der Waals surface area contributed by atoms with Crippen molar-refractivity contribution in [1.29, 1.82) is 0 Å². The van der Waals surface area contributed by atoms with Crippen molar-refractivity contribution >= 4 is 34.8 Å². The maximum absolute atomic E-state index is 13.5. The van der Waals surface area contributed by atoms with Crippen LogP contribution in [0.2, 0.25) is 0 Å². The number of hydroxylamine groups is 2. The lowest BCUT2D eigenvalue weighted by Gasteiger charge is -2.43. The van der Waals surface area contributed by atoms with Gasteiger partial charge in [-0.1, -0.05) is 42.2 Å². The number of nitrogens with one attached hydrogen (secondary N) is 1. The lowest BCUT2D eigenvalue weighted by Crippen LogP contribution is -2.62. The van der Waals surface area contributed by atoms with Crippen molar-refractivity contribution in [2.75, 3.05) is 19.7 Å². The Morgan fingerprint density at radius 3 is 2.46 bits per heavy atom. The van der Waals surface area contributed by atoms with Gasteiger partial charge in [-0.3, -0.25) is 24.2 Å². The van der Waals surface area contributed by atoms with E-state index >= 15 is 0 Å². The molecule has 0 unspecified atom stereocenters. The second-order valence-electron chi connectivity index (χ2n) is 15.4. The monoisotopic (exact) mass is 807 g/mol. The number of fused-ring (bicyclic) bond motifs is 2. The largest absolute Gasteiger partial charge is 0.508 e. The van der Waals surface area contributed by atoms with Crippen molar-refractivity contribution in [3.8, 4) is 22.6 Å². The molecule has 5 N–H and O–H groups in total. The van der Waals surface area contributed by atoms with Crippen LogP contribution in [0.25, 0.3) is 27.8 Å². The Kier molecular flexibility index (Phi) is 11.4. The molecule has 0 radical (unpaired) electrons. The van der Waals surface area contributed by atoms with Gasteiger partial charge in [0.15, 0.2) is 17.5 Å². The van der Waals surface area contributed by atoms with E-state index in [0.717, 1.165) is 47.9 Å². The molecule has 4 aromatic rings. The number of aryl methyl sites for hydroxylation is 2. The molecule has 0 amide bonds. The summed E-state index contributed by atoms with van der Waals surface area (Å²) in [6.07, 6.45) is 1.15. The van der Waals surface area contributed by atoms with Crippen molar-refractivity contribution in [2.24, 2.45) is 10.9 Å². The van der Waals surface area contributed by atoms with Crippen LogP contribution in [0.3, 0.4) is 0 Å². The molecule has 4 aliphatic rings. The number of hydrogen-bond acceptors (Lipinski definition) is 14. The number of aliphatic hydroxyl groups is 2. The molecule has 15 nitrogen and oxygen atoms in total. The molecule has 0 bridgehead atoms. The third kappa shape index (κ3) is 8.38. The van der Waals surface area contributed by atoms with Crippen LogP contribution in [0.1, 0.15) is 42.4 Å². The molecule has 1 saturated heterocycles. The third-order valence-corrected chi connectivity index (χ3v) is 11.1. The van der Waals surface area contributed by atoms with E-state index in [1.807, 2.05) is 38.1 Å². The van der Waals surface area contributed by atoms with Gasteiger partial charge in [0.05, 0.1) is 28.9 Å². The van der Waals surface area contributed by atoms with E-state index in [0.29, 0.717) is 17.0 Å². The number of aliphatic carboxylic acids is 1. The summed E-state index contributed by atoms with van der Waals surface area (Å²) >= 11 is 0. The number of hydrogen-bond donors (Lipinski definition) is 5. The van der Waals surface area contributed by atoms with E-state index in [1.54, 1.807) is 23.4 Å². The highest BCUT2D eigenvalue weighted by atomic mass is 16.8. The molecule has 15 heteroatoms. The maximum Gasteiger partial charge on any atom is 0.321 e. The lowest BCUT2D eigenvalue weighted by atomic mass is 9.99. The zero-order valence-corrected chi connectivity index (χ0v) is 32.4. The highest BCUT2D eigenvalue weighted by Crippen LogP contribution is 2.40. The normalized spacial score (nSPS) is 23.4. The first-order valence-corrected chi connectivity index (χ1v) is 19.6. The fourth-order valence-corrected chi connectivity index (χ4v) is 8.04. The molecular weight excluding hydrogens is 762 g/mol. The first kappa shape index (κ1) is 40.0. The van der Waals surface area contributed by atoms with Gasteiger partial charge in [-0.2, -0.15) is 0 Å². The van der Waals surface area contributed by atoms with E-state index in [2.05, 4.69) is 10.3 Å². The van der Waals surface area contributed by atoms with Crippen molar-refractivity contribution in [2.45, 2.75) is 76.3 Å². The topological polar surface area (TPSA) is 210 Å². The summed E-state index contributed by atoms with van der Waals surface area (Å²) in [6.45, 7) is 3.48. The number of rotatable bonds is 13. The highest BCUT2D eigenvalue weighted by Gasteiger charge is 2.50. The number of carbonyl (C=O) groups is 2. The Morgan fingerprint density at radius 1 is 0.983 bits per heavy atom. The van der Waals surface area contributed by atoms with Crippen LogP contribution in [-0.2, 0) is 23.9 Å². The second-order valence-corrected chi connectivity index (χ2v) is 15.4. The standard InChI is InChI=1S/C44H45N3O12/c1-23-15-24(2)17-27(16-23)37-36-26(13-14-45-36)20-47(37)59-41-40(51)39(50)35(22-56-43(54)32(42(52)53)19-46-28-5-3-4-6-28)58-44(41)57-30-11-12-31-34(18-30)55-21-33(38(31)49)25-7-9-29(48)10-8-25/h7-18,21,28,32,35,39-41,44,46,48,50-51H,3-6,19-20,22H2,1-2H3,(H,52,53)/t32-,35-,39-,40+,41-,44-/m0/s1. The Balaban J connectivity index is 1.07. The quantitative estimate of drug-likeness (QED) is 0.0939. The van der Waals surface area contributed by atoms with Crippen molar-refractivity contribution in [3.63, 3.8) is 0 Å². The Labute approximate surface area is 338 Å². The van der Waals surface area contributed by atoms with Crippen molar-refractivity contribution in [3.05, 3.63) is 111 Å². The van der Waals surface area contributed by atoms with E-state index < -0.39 is 55.2 Å². The molecule has 2 fully saturated rings. The van der Waals surface area contributed by atoms with Gasteiger partial charge < -0.3 is 44.4 Å². The minimum atomic E-state index is -1.67. The number of carboxylic acids is 1. The molecular formula is C44H45N3O12. The molecule has 3 aromatic carbocycles. The van der Waals surface area contributed by atoms with E-state index in [1.165, 1.54) is 36.6 Å². The van der Waals surface area contributed by atoms with Gasteiger partial charge in [0.1, 0.15) is 48.3 Å². The number of phenolic OH excluding ortho intramolecular Hbond substituents is 1. The molecule has 8 rings (SSSR count). The van der Waals surface area contributed by atoms with E-state index in [4.69, 9.17) is 23.5 Å². The zero-order chi connectivity index (χ0) is 41.4. The molecule has 6 atom stereocenters. The van der Waals surface area contributed by atoms with E-state index in [9.17, 15) is 34.8 Å². The Hall–Kier alpha value is -5.84. The minimum absolute atomic E-state index is 0.0542. The van der Waals surface area contributed by atoms with Crippen molar-refractivity contribution in [1.82, 2.24) is 10.4 Å². The van der Waals surface area contributed by atoms with Crippen LogP contribution < -0.4 is 15.5 Å². The smallest absolute Gasteiger partial charge is 0.321 e. The van der Waals surface area contributed by atoms with Gasteiger partial charge in [0.2, 0.25) is 6.29 Å².